The Morgan fingerprint density at radius 3 is 2.44 bits per heavy atom. The van der Waals surface area contributed by atoms with Crippen LogP contribution in [-0.2, 0) is 14.8 Å². The second-order valence-electron chi connectivity index (χ2n) is 6.20. The molecule has 25 heavy (non-hydrogen) atoms. The molecule has 8 heteroatoms. The number of sulfonamides is 1. The summed E-state index contributed by atoms with van der Waals surface area (Å²) in [4.78, 5) is 14.3. The molecule has 1 aromatic carbocycles. The number of methoxy groups -OCH3 is 1. The molecule has 2 rings (SSSR count). The Morgan fingerprint density at radius 1 is 1.24 bits per heavy atom. The molecule has 0 radical (unpaired) electrons. The summed E-state index contributed by atoms with van der Waals surface area (Å²) in [5.41, 5.74) is 0.348. The average Bonchev–Trinajstić information content (AvgIpc) is 2.83. The number of rotatable bonds is 6. The maximum Gasteiger partial charge on any atom is 0.232 e. The minimum absolute atomic E-state index is 0.0171. The highest BCUT2D eigenvalue weighted by molar-refractivity contribution is 7.92. The third-order valence-corrected chi connectivity index (χ3v) is 5.71. The van der Waals surface area contributed by atoms with Gasteiger partial charge in [-0.15, -0.1) is 0 Å². The van der Waals surface area contributed by atoms with E-state index in [1.165, 1.54) is 17.5 Å². The van der Waals surface area contributed by atoms with Gasteiger partial charge in [0.15, 0.2) is 0 Å². The van der Waals surface area contributed by atoms with Crippen LogP contribution in [0.3, 0.4) is 0 Å². The Hall–Kier alpha value is -1.47. The Kier molecular flexibility index (Phi) is 6.95. The van der Waals surface area contributed by atoms with E-state index in [1.54, 1.807) is 12.1 Å². The summed E-state index contributed by atoms with van der Waals surface area (Å²) in [5.74, 6) is 0.383. The number of carbonyl (C=O) groups excluding carboxylic acids is 1. The first-order chi connectivity index (χ1) is 11.8. The van der Waals surface area contributed by atoms with Crippen LogP contribution in [0, 0.1) is 0 Å². The Balaban J connectivity index is 2.16. The number of benzene rings is 1. The molecule has 0 N–H and O–H groups in total. The fraction of sp³-hybridized carbons (Fsp3) is 0.588. The number of halogens is 1. The van der Waals surface area contributed by atoms with Crippen molar-refractivity contribution in [2.75, 3.05) is 37.3 Å². The lowest BCUT2D eigenvalue weighted by Gasteiger charge is -2.26. The van der Waals surface area contributed by atoms with E-state index in [1.807, 2.05) is 4.90 Å². The van der Waals surface area contributed by atoms with Crippen LogP contribution in [0.25, 0.3) is 0 Å². The maximum atomic E-state index is 12.5. The van der Waals surface area contributed by atoms with E-state index in [0.29, 0.717) is 16.5 Å². The summed E-state index contributed by atoms with van der Waals surface area (Å²) < 4.78 is 31.0. The molecule has 0 aliphatic carbocycles. The van der Waals surface area contributed by atoms with Gasteiger partial charge in [0, 0.05) is 31.1 Å². The molecule has 0 bridgehead atoms. The van der Waals surface area contributed by atoms with Crippen LogP contribution in [0.1, 0.15) is 32.1 Å². The zero-order chi connectivity index (χ0) is 18.4. The number of nitrogens with zero attached hydrogens (tertiary/aromatic N) is 2. The summed E-state index contributed by atoms with van der Waals surface area (Å²) in [6, 6.07) is 4.79. The van der Waals surface area contributed by atoms with Crippen molar-refractivity contribution < 1.29 is 17.9 Å². The van der Waals surface area contributed by atoms with Crippen LogP contribution in [0.4, 0.5) is 5.69 Å². The summed E-state index contributed by atoms with van der Waals surface area (Å²) in [5, 5.41) is 0.406. The third-order valence-electron chi connectivity index (χ3n) is 4.30. The highest BCUT2D eigenvalue weighted by Crippen LogP contribution is 2.33. The second kappa shape index (κ2) is 8.76. The molecule has 1 fully saturated rings. The minimum Gasteiger partial charge on any atom is -0.495 e. The molecule has 1 amide bonds. The fourth-order valence-corrected chi connectivity index (χ4v) is 4.09. The minimum atomic E-state index is -3.58. The van der Waals surface area contributed by atoms with Gasteiger partial charge >= 0.3 is 0 Å². The van der Waals surface area contributed by atoms with Crippen molar-refractivity contribution in [1.82, 2.24) is 4.90 Å². The number of amides is 1. The van der Waals surface area contributed by atoms with Gasteiger partial charge in [-0.3, -0.25) is 9.10 Å². The van der Waals surface area contributed by atoms with Crippen LogP contribution in [0.15, 0.2) is 18.2 Å². The Bertz CT molecular complexity index is 701. The lowest BCUT2D eigenvalue weighted by atomic mass is 10.2. The van der Waals surface area contributed by atoms with Gasteiger partial charge in [-0.25, -0.2) is 8.42 Å². The molecule has 140 valence electrons. The lowest BCUT2D eigenvalue weighted by molar-refractivity contribution is -0.130. The number of carbonyl (C=O) groups is 1. The fourth-order valence-electron chi connectivity index (χ4n) is 3.00. The Labute approximate surface area is 154 Å². The predicted molar refractivity (Wildman–Crippen MR) is 99.9 cm³/mol. The number of hydrogen-bond donors (Lipinski definition) is 0. The second-order valence-corrected chi connectivity index (χ2v) is 8.54. The first kappa shape index (κ1) is 19.8. The van der Waals surface area contributed by atoms with Crippen molar-refractivity contribution in [3.05, 3.63) is 23.2 Å². The first-order valence-electron chi connectivity index (χ1n) is 8.42. The van der Waals surface area contributed by atoms with Gasteiger partial charge in [-0.2, -0.15) is 0 Å². The number of ether oxygens (including phenoxy) is 1. The van der Waals surface area contributed by atoms with Crippen LogP contribution >= 0.6 is 11.6 Å². The lowest BCUT2D eigenvalue weighted by Crippen LogP contribution is -2.37. The van der Waals surface area contributed by atoms with Crippen molar-refractivity contribution in [2.45, 2.75) is 32.1 Å². The van der Waals surface area contributed by atoms with Crippen molar-refractivity contribution in [3.63, 3.8) is 0 Å². The molecule has 0 unspecified atom stereocenters. The number of likely N-dealkylation sites (tertiary alicyclic amines) is 1. The summed E-state index contributed by atoms with van der Waals surface area (Å²) >= 11 is 6.02. The monoisotopic (exact) mass is 388 g/mol. The quantitative estimate of drug-likeness (QED) is 0.751. The zero-order valence-electron chi connectivity index (χ0n) is 14.7. The third kappa shape index (κ3) is 5.51. The van der Waals surface area contributed by atoms with Crippen molar-refractivity contribution in [1.29, 1.82) is 0 Å². The van der Waals surface area contributed by atoms with E-state index >= 15 is 0 Å². The van der Waals surface area contributed by atoms with Gasteiger partial charge in [0.25, 0.3) is 0 Å². The Morgan fingerprint density at radius 2 is 1.88 bits per heavy atom. The van der Waals surface area contributed by atoms with Crippen LogP contribution < -0.4 is 9.04 Å². The molecule has 0 spiro atoms. The van der Waals surface area contributed by atoms with Gasteiger partial charge in [-0.1, -0.05) is 24.4 Å². The van der Waals surface area contributed by atoms with Crippen LogP contribution in [-0.4, -0.2) is 52.2 Å². The molecule has 1 aliphatic rings. The van der Waals surface area contributed by atoms with E-state index < -0.39 is 10.0 Å². The van der Waals surface area contributed by atoms with Gasteiger partial charge in [-0.05, 0) is 31.0 Å². The van der Waals surface area contributed by atoms with Crippen LogP contribution in [0.5, 0.6) is 5.75 Å². The smallest absolute Gasteiger partial charge is 0.232 e. The molecule has 1 aromatic rings. The maximum absolute atomic E-state index is 12.5. The highest BCUT2D eigenvalue weighted by Gasteiger charge is 2.24. The molecule has 1 heterocycles. The number of hydrogen-bond acceptors (Lipinski definition) is 4. The molecular weight excluding hydrogens is 364 g/mol. The molecular formula is C17H25ClN2O4S. The van der Waals surface area contributed by atoms with E-state index in [-0.39, 0.29) is 18.9 Å². The van der Waals surface area contributed by atoms with Gasteiger partial charge in [0.1, 0.15) is 5.75 Å². The van der Waals surface area contributed by atoms with Gasteiger partial charge in [0.05, 0.1) is 19.1 Å². The molecule has 0 atom stereocenters. The summed E-state index contributed by atoms with van der Waals surface area (Å²) in [7, 11) is -2.11. The summed E-state index contributed by atoms with van der Waals surface area (Å²) in [6.45, 7) is 1.56. The largest absolute Gasteiger partial charge is 0.495 e. The molecule has 6 nitrogen and oxygen atoms in total. The first-order valence-corrected chi connectivity index (χ1v) is 10.6. The molecule has 0 saturated carbocycles. The predicted octanol–water partition coefficient (Wildman–Crippen LogP) is 2.91. The van der Waals surface area contributed by atoms with Crippen molar-refractivity contribution in [2.24, 2.45) is 0 Å². The van der Waals surface area contributed by atoms with E-state index in [9.17, 15) is 13.2 Å². The highest BCUT2D eigenvalue weighted by atomic mass is 35.5. The standard InChI is InChI=1S/C17H25ClN2O4S/c1-24-16-8-7-14(18)13-15(16)20(25(2,22)23)12-9-17(21)19-10-5-3-4-6-11-19/h7-8,13H,3-6,9-12H2,1-2H3. The van der Waals surface area contributed by atoms with Crippen molar-refractivity contribution >= 4 is 33.2 Å². The topological polar surface area (TPSA) is 66.9 Å². The average molecular weight is 389 g/mol. The van der Waals surface area contributed by atoms with Gasteiger partial charge in [0.2, 0.25) is 15.9 Å². The zero-order valence-corrected chi connectivity index (χ0v) is 16.3. The molecule has 1 saturated heterocycles. The van der Waals surface area contributed by atoms with E-state index in [2.05, 4.69) is 0 Å². The number of anilines is 1. The van der Waals surface area contributed by atoms with Crippen molar-refractivity contribution in [3.8, 4) is 5.75 Å². The molecule has 0 aromatic heterocycles. The normalized spacial score (nSPS) is 15.6. The SMILES string of the molecule is COc1ccc(Cl)cc1N(CCC(=O)N1CCCCCC1)S(C)(=O)=O. The van der Waals surface area contributed by atoms with E-state index in [4.69, 9.17) is 16.3 Å². The van der Waals surface area contributed by atoms with Gasteiger partial charge < -0.3 is 9.64 Å². The summed E-state index contributed by atoms with van der Waals surface area (Å²) in [6.07, 6.45) is 5.53. The van der Waals surface area contributed by atoms with E-state index in [0.717, 1.165) is 45.0 Å². The van der Waals surface area contributed by atoms with Crippen LogP contribution in [0.2, 0.25) is 5.02 Å². The molecule has 1 aliphatic heterocycles.